The maximum atomic E-state index is 12.0. The molecule has 1 amide bonds. The molecule has 1 aliphatic rings. The van der Waals surface area contributed by atoms with Gasteiger partial charge in [-0.2, -0.15) is 0 Å². The Kier molecular flexibility index (Phi) is 4.64. The zero-order valence-electron chi connectivity index (χ0n) is 10.6. The average Bonchev–Trinajstić information content (AvgIpc) is 2.86. The number of amides is 1. The number of ether oxygens (including phenoxy) is 1. The highest BCUT2D eigenvalue weighted by Gasteiger charge is 2.27. The number of carbonyl (C=O) groups is 1. The van der Waals surface area contributed by atoms with Gasteiger partial charge in [0.05, 0.1) is 0 Å². The molecule has 0 unspecified atom stereocenters. The van der Waals surface area contributed by atoms with Gasteiger partial charge in [0.25, 0.3) is 5.91 Å². The third-order valence-electron chi connectivity index (χ3n) is 3.26. The van der Waals surface area contributed by atoms with Crippen molar-refractivity contribution in [3.05, 3.63) is 29.8 Å². The Morgan fingerprint density at radius 2 is 2.17 bits per heavy atom. The van der Waals surface area contributed by atoms with Gasteiger partial charge in [0, 0.05) is 17.9 Å². The van der Waals surface area contributed by atoms with Crippen LogP contribution in [0.3, 0.4) is 0 Å². The number of hydrogen-bond donors (Lipinski definition) is 0. The number of rotatable bonds is 4. The largest absolute Gasteiger partial charge is 0.484 e. The second-order valence-corrected chi connectivity index (χ2v) is 5.29. The topological polar surface area (TPSA) is 29.5 Å². The van der Waals surface area contributed by atoms with Gasteiger partial charge in [0.1, 0.15) is 5.75 Å². The second-order valence-electron chi connectivity index (χ2n) is 4.64. The highest BCUT2D eigenvalue weighted by atomic mass is 79.9. The average molecular weight is 312 g/mol. The van der Waals surface area contributed by atoms with Crippen molar-refractivity contribution in [2.75, 3.05) is 18.5 Å². The van der Waals surface area contributed by atoms with Crippen molar-refractivity contribution >= 4 is 21.8 Å². The van der Waals surface area contributed by atoms with E-state index in [-0.39, 0.29) is 12.5 Å². The highest BCUT2D eigenvalue weighted by Crippen LogP contribution is 2.19. The van der Waals surface area contributed by atoms with Crippen molar-refractivity contribution in [3.63, 3.8) is 0 Å². The molecule has 2 rings (SSSR count). The molecule has 0 radical (unpaired) electrons. The number of hydrogen-bond acceptors (Lipinski definition) is 2. The molecule has 98 valence electrons. The highest BCUT2D eigenvalue weighted by molar-refractivity contribution is 9.09. The fraction of sp³-hybridized carbons (Fsp3) is 0.500. The van der Waals surface area contributed by atoms with Gasteiger partial charge in [0.2, 0.25) is 0 Å². The van der Waals surface area contributed by atoms with Gasteiger partial charge in [-0.05, 0) is 31.9 Å². The minimum atomic E-state index is 0.0810. The minimum Gasteiger partial charge on any atom is -0.484 e. The normalized spacial score (nSPS) is 19.0. The van der Waals surface area contributed by atoms with E-state index in [0.29, 0.717) is 6.04 Å². The quantitative estimate of drug-likeness (QED) is 0.800. The second kappa shape index (κ2) is 6.23. The van der Waals surface area contributed by atoms with Crippen LogP contribution in [0.2, 0.25) is 0 Å². The first-order valence-electron chi connectivity index (χ1n) is 6.25. The van der Waals surface area contributed by atoms with E-state index in [9.17, 15) is 4.79 Å². The number of benzene rings is 1. The molecular weight excluding hydrogens is 294 g/mol. The summed E-state index contributed by atoms with van der Waals surface area (Å²) in [7, 11) is 0. The maximum Gasteiger partial charge on any atom is 0.260 e. The van der Waals surface area contributed by atoms with Crippen molar-refractivity contribution in [2.24, 2.45) is 0 Å². The van der Waals surface area contributed by atoms with Crippen molar-refractivity contribution in [1.82, 2.24) is 4.90 Å². The lowest BCUT2D eigenvalue weighted by atomic mass is 10.2. The van der Waals surface area contributed by atoms with E-state index in [1.807, 2.05) is 36.1 Å². The van der Waals surface area contributed by atoms with Crippen LogP contribution in [0, 0.1) is 6.92 Å². The molecule has 3 nitrogen and oxygen atoms in total. The van der Waals surface area contributed by atoms with Gasteiger partial charge in [-0.15, -0.1) is 0 Å². The van der Waals surface area contributed by atoms with Crippen LogP contribution in [-0.4, -0.2) is 35.3 Å². The predicted octanol–water partition coefficient (Wildman–Crippen LogP) is 2.76. The molecule has 0 N–H and O–H groups in total. The van der Waals surface area contributed by atoms with E-state index in [1.165, 1.54) is 5.56 Å². The summed E-state index contributed by atoms with van der Waals surface area (Å²) < 4.78 is 5.52. The number of halogens is 1. The fourth-order valence-electron chi connectivity index (χ4n) is 2.19. The lowest BCUT2D eigenvalue weighted by Crippen LogP contribution is -2.39. The molecule has 0 spiro atoms. The molecular formula is C14H18BrNO2. The first-order valence-corrected chi connectivity index (χ1v) is 7.38. The smallest absolute Gasteiger partial charge is 0.260 e. The molecule has 0 aromatic heterocycles. The van der Waals surface area contributed by atoms with Crippen LogP contribution in [0.25, 0.3) is 0 Å². The van der Waals surface area contributed by atoms with Crippen LogP contribution in [0.4, 0.5) is 0 Å². The van der Waals surface area contributed by atoms with E-state index in [2.05, 4.69) is 15.9 Å². The molecule has 18 heavy (non-hydrogen) atoms. The molecule has 0 saturated carbocycles. The standard InChI is InChI=1S/C14H18BrNO2/c1-11-4-6-13(7-5-11)18-10-14(17)16-8-2-3-12(16)9-15/h4-7,12H,2-3,8-10H2,1H3/t12-/m0/s1. The molecule has 1 heterocycles. The van der Waals surface area contributed by atoms with Gasteiger partial charge in [-0.1, -0.05) is 33.6 Å². The lowest BCUT2D eigenvalue weighted by Gasteiger charge is -2.23. The monoisotopic (exact) mass is 311 g/mol. The van der Waals surface area contributed by atoms with Gasteiger partial charge in [-0.25, -0.2) is 0 Å². The number of alkyl halides is 1. The number of likely N-dealkylation sites (tertiary alicyclic amines) is 1. The van der Waals surface area contributed by atoms with Crippen molar-refractivity contribution in [1.29, 1.82) is 0 Å². The Morgan fingerprint density at radius 3 is 2.83 bits per heavy atom. The molecule has 1 aromatic rings. The molecule has 1 saturated heterocycles. The number of aryl methyl sites for hydroxylation is 1. The van der Waals surface area contributed by atoms with Crippen LogP contribution >= 0.6 is 15.9 Å². The molecule has 1 fully saturated rings. The van der Waals surface area contributed by atoms with Crippen molar-refractivity contribution in [3.8, 4) is 5.75 Å². The zero-order valence-corrected chi connectivity index (χ0v) is 12.1. The Bertz CT molecular complexity index is 405. The molecule has 1 aromatic carbocycles. The summed E-state index contributed by atoms with van der Waals surface area (Å²) in [6.45, 7) is 3.01. The van der Waals surface area contributed by atoms with E-state index in [1.54, 1.807) is 0 Å². The molecule has 1 atom stereocenters. The zero-order chi connectivity index (χ0) is 13.0. The van der Waals surface area contributed by atoms with Gasteiger partial charge in [0.15, 0.2) is 6.61 Å². The maximum absolute atomic E-state index is 12.0. The summed E-state index contributed by atoms with van der Waals surface area (Å²) in [5.41, 5.74) is 1.19. The summed E-state index contributed by atoms with van der Waals surface area (Å²) in [6.07, 6.45) is 2.17. The van der Waals surface area contributed by atoms with Crippen LogP contribution in [-0.2, 0) is 4.79 Å². The molecule has 1 aliphatic heterocycles. The van der Waals surface area contributed by atoms with E-state index in [0.717, 1.165) is 30.5 Å². The Balaban J connectivity index is 1.86. The molecule has 0 bridgehead atoms. The fourth-order valence-corrected chi connectivity index (χ4v) is 2.86. The Hall–Kier alpha value is -1.03. The van der Waals surface area contributed by atoms with Gasteiger partial charge in [-0.3, -0.25) is 4.79 Å². The van der Waals surface area contributed by atoms with Crippen LogP contribution in [0.15, 0.2) is 24.3 Å². The SMILES string of the molecule is Cc1ccc(OCC(=O)N2CCC[C@H]2CBr)cc1. The first-order chi connectivity index (χ1) is 8.70. The summed E-state index contributed by atoms with van der Waals surface area (Å²) in [5, 5.41) is 0.850. The molecule has 4 heteroatoms. The molecule has 0 aliphatic carbocycles. The minimum absolute atomic E-state index is 0.0810. The van der Waals surface area contributed by atoms with E-state index < -0.39 is 0 Å². The van der Waals surface area contributed by atoms with E-state index in [4.69, 9.17) is 4.74 Å². The van der Waals surface area contributed by atoms with Crippen LogP contribution in [0.5, 0.6) is 5.75 Å². The lowest BCUT2D eigenvalue weighted by molar-refractivity contribution is -0.133. The third kappa shape index (κ3) is 3.25. The summed E-state index contributed by atoms with van der Waals surface area (Å²) in [5.74, 6) is 0.834. The van der Waals surface area contributed by atoms with Crippen LogP contribution in [0.1, 0.15) is 18.4 Å². The van der Waals surface area contributed by atoms with Crippen molar-refractivity contribution < 1.29 is 9.53 Å². The van der Waals surface area contributed by atoms with Crippen molar-refractivity contribution in [2.45, 2.75) is 25.8 Å². The summed E-state index contributed by atoms with van der Waals surface area (Å²) in [6, 6.07) is 8.09. The summed E-state index contributed by atoms with van der Waals surface area (Å²) >= 11 is 3.45. The predicted molar refractivity (Wildman–Crippen MR) is 75.2 cm³/mol. The Labute approximate surface area is 116 Å². The van der Waals surface area contributed by atoms with E-state index >= 15 is 0 Å². The van der Waals surface area contributed by atoms with Gasteiger partial charge < -0.3 is 9.64 Å². The van der Waals surface area contributed by atoms with Gasteiger partial charge >= 0.3 is 0 Å². The summed E-state index contributed by atoms with van der Waals surface area (Å²) in [4.78, 5) is 14.0. The van der Waals surface area contributed by atoms with Crippen LogP contribution < -0.4 is 4.74 Å². The number of nitrogens with zero attached hydrogens (tertiary/aromatic N) is 1. The number of carbonyl (C=O) groups excluding carboxylic acids is 1. The Morgan fingerprint density at radius 1 is 1.44 bits per heavy atom. The first kappa shape index (κ1) is 13.4. The third-order valence-corrected chi connectivity index (χ3v) is 4.01.